The van der Waals surface area contributed by atoms with Crippen LogP contribution >= 0.6 is 11.6 Å². The summed E-state index contributed by atoms with van der Waals surface area (Å²) in [5.41, 5.74) is 2.14. The van der Waals surface area contributed by atoms with Gasteiger partial charge in [-0.3, -0.25) is 13.9 Å². The molecule has 0 aromatic heterocycles. The number of aryl methyl sites for hydroxylation is 1. The fourth-order valence-electron chi connectivity index (χ4n) is 4.95. The Morgan fingerprint density at radius 3 is 2.11 bits per heavy atom. The van der Waals surface area contributed by atoms with E-state index >= 15 is 0 Å². The van der Waals surface area contributed by atoms with Crippen molar-refractivity contribution in [1.82, 2.24) is 10.2 Å². The number of carbonyl (C=O) groups excluding carboxylic acids is 2. The van der Waals surface area contributed by atoms with Crippen molar-refractivity contribution in [1.29, 1.82) is 0 Å². The van der Waals surface area contributed by atoms with Crippen LogP contribution in [0.1, 0.15) is 37.5 Å². The van der Waals surface area contributed by atoms with Gasteiger partial charge in [-0.1, -0.05) is 71.8 Å². The number of halogens is 1. The van der Waals surface area contributed by atoms with Gasteiger partial charge in [-0.05, 0) is 87.4 Å². The van der Waals surface area contributed by atoms with Crippen LogP contribution in [-0.2, 0) is 32.6 Å². The van der Waals surface area contributed by atoms with Crippen molar-refractivity contribution in [2.45, 2.75) is 57.1 Å². The van der Waals surface area contributed by atoms with Crippen molar-refractivity contribution in [3.05, 3.63) is 125 Å². The monoisotopic (exact) mass is 661 g/mol. The van der Waals surface area contributed by atoms with Gasteiger partial charge in [0.15, 0.2) is 0 Å². The maximum absolute atomic E-state index is 14.6. The second kappa shape index (κ2) is 14.8. The summed E-state index contributed by atoms with van der Waals surface area (Å²) in [6.07, 6.45) is 0.212. The summed E-state index contributed by atoms with van der Waals surface area (Å²) in [7, 11) is -2.65. The number of rotatable bonds is 12. The number of nitrogens with zero attached hydrogens (tertiary/aromatic N) is 2. The Morgan fingerprint density at radius 2 is 1.50 bits per heavy atom. The second-order valence-electron chi connectivity index (χ2n) is 12.1. The molecule has 0 aliphatic heterocycles. The SMILES string of the molecule is COc1cccc(CN(C(=O)CN(c2ccc(Cl)cc2)S(=O)(=O)c2ccc(C)cc2)[C@@H](Cc2ccccc2)C(=O)NC(C)(C)C)c1. The summed E-state index contributed by atoms with van der Waals surface area (Å²) in [6, 6.07) is 28.4. The van der Waals surface area contributed by atoms with Crippen LogP contribution < -0.4 is 14.4 Å². The fraction of sp³-hybridized carbons (Fsp3) is 0.278. The Labute approximate surface area is 277 Å². The predicted molar refractivity (Wildman–Crippen MR) is 183 cm³/mol. The third kappa shape index (κ3) is 9.11. The minimum Gasteiger partial charge on any atom is -0.497 e. The van der Waals surface area contributed by atoms with E-state index in [4.69, 9.17) is 16.3 Å². The Kier molecular flexibility index (Phi) is 11.1. The first-order valence-corrected chi connectivity index (χ1v) is 16.7. The first kappa shape index (κ1) is 34.5. The van der Waals surface area contributed by atoms with E-state index in [0.717, 1.165) is 15.4 Å². The molecule has 0 fully saturated rings. The van der Waals surface area contributed by atoms with Crippen molar-refractivity contribution in [3.63, 3.8) is 0 Å². The maximum Gasteiger partial charge on any atom is 0.264 e. The van der Waals surface area contributed by atoms with Crippen LogP contribution in [-0.4, -0.2) is 50.4 Å². The lowest BCUT2D eigenvalue weighted by Gasteiger charge is -2.35. The lowest BCUT2D eigenvalue weighted by molar-refractivity contribution is -0.140. The van der Waals surface area contributed by atoms with Gasteiger partial charge in [-0.25, -0.2) is 8.42 Å². The van der Waals surface area contributed by atoms with Crippen LogP contribution in [0.15, 0.2) is 108 Å². The molecule has 0 saturated carbocycles. The summed E-state index contributed by atoms with van der Waals surface area (Å²) < 4.78 is 34.8. The minimum atomic E-state index is -4.21. The van der Waals surface area contributed by atoms with Gasteiger partial charge in [0.05, 0.1) is 17.7 Å². The van der Waals surface area contributed by atoms with Crippen LogP contribution in [0.4, 0.5) is 5.69 Å². The van der Waals surface area contributed by atoms with Gasteiger partial charge in [-0.15, -0.1) is 0 Å². The summed E-state index contributed by atoms with van der Waals surface area (Å²) in [4.78, 5) is 30.0. The molecule has 4 aromatic rings. The van der Waals surface area contributed by atoms with Crippen LogP contribution in [0.2, 0.25) is 5.02 Å². The minimum absolute atomic E-state index is 0.0319. The maximum atomic E-state index is 14.6. The Balaban J connectivity index is 1.82. The van der Waals surface area contributed by atoms with Gasteiger partial charge in [0, 0.05) is 23.5 Å². The lowest BCUT2D eigenvalue weighted by atomic mass is 10.0. The molecule has 0 bridgehead atoms. The van der Waals surface area contributed by atoms with Crippen molar-refractivity contribution in [3.8, 4) is 5.75 Å². The molecule has 4 aromatic carbocycles. The van der Waals surface area contributed by atoms with E-state index in [1.165, 1.54) is 17.0 Å². The molecule has 46 heavy (non-hydrogen) atoms. The highest BCUT2D eigenvalue weighted by Gasteiger charge is 2.35. The third-order valence-electron chi connectivity index (χ3n) is 7.26. The molecule has 0 aliphatic rings. The zero-order chi connectivity index (χ0) is 33.5. The number of methoxy groups -OCH3 is 1. The number of ether oxygens (including phenoxy) is 1. The topological polar surface area (TPSA) is 96.0 Å². The number of anilines is 1. The van der Waals surface area contributed by atoms with Gasteiger partial charge in [0.2, 0.25) is 11.8 Å². The highest BCUT2D eigenvalue weighted by molar-refractivity contribution is 7.92. The fourth-order valence-corrected chi connectivity index (χ4v) is 6.49. The molecular weight excluding hydrogens is 622 g/mol. The molecule has 2 amide bonds. The van der Waals surface area contributed by atoms with Gasteiger partial charge in [-0.2, -0.15) is 0 Å². The lowest BCUT2D eigenvalue weighted by Crippen LogP contribution is -2.56. The molecule has 1 N–H and O–H groups in total. The molecule has 0 unspecified atom stereocenters. The summed E-state index contributed by atoms with van der Waals surface area (Å²) in [5, 5.41) is 3.45. The molecule has 0 heterocycles. The zero-order valence-electron chi connectivity index (χ0n) is 26.7. The Morgan fingerprint density at radius 1 is 0.870 bits per heavy atom. The largest absolute Gasteiger partial charge is 0.497 e. The summed E-state index contributed by atoms with van der Waals surface area (Å²) in [6.45, 7) is 6.95. The Bertz CT molecular complexity index is 1740. The van der Waals surface area contributed by atoms with Gasteiger partial charge < -0.3 is 15.0 Å². The zero-order valence-corrected chi connectivity index (χ0v) is 28.3. The summed E-state index contributed by atoms with van der Waals surface area (Å²) in [5.74, 6) is -0.320. The second-order valence-corrected chi connectivity index (χ2v) is 14.4. The number of carbonyl (C=O) groups is 2. The molecule has 4 rings (SSSR count). The third-order valence-corrected chi connectivity index (χ3v) is 9.30. The molecular formula is C36H40ClN3O5S. The molecule has 10 heteroatoms. The molecule has 0 spiro atoms. The van der Waals surface area contributed by atoms with E-state index in [-0.39, 0.29) is 29.5 Å². The van der Waals surface area contributed by atoms with Crippen LogP contribution in [0.3, 0.4) is 0 Å². The Hall–Kier alpha value is -4.34. The van der Waals surface area contributed by atoms with Gasteiger partial charge in [0.25, 0.3) is 10.0 Å². The van der Waals surface area contributed by atoms with E-state index in [9.17, 15) is 18.0 Å². The van der Waals surface area contributed by atoms with Gasteiger partial charge in [0.1, 0.15) is 18.3 Å². The van der Waals surface area contributed by atoms with Gasteiger partial charge >= 0.3 is 0 Å². The number of benzene rings is 4. The average molecular weight is 662 g/mol. The molecule has 0 saturated heterocycles. The smallest absolute Gasteiger partial charge is 0.264 e. The van der Waals surface area contributed by atoms with E-state index < -0.39 is 34.1 Å². The molecule has 1 atom stereocenters. The molecule has 8 nitrogen and oxygen atoms in total. The number of nitrogens with one attached hydrogen (secondary N) is 1. The molecule has 242 valence electrons. The normalized spacial score (nSPS) is 12.2. The number of amides is 2. The van der Waals surface area contributed by atoms with Crippen LogP contribution in [0.5, 0.6) is 5.75 Å². The highest BCUT2D eigenvalue weighted by atomic mass is 35.5. The van der Waals surface area contributed by atoms with Crippen molar-refractivity contribution >= 4 is 39.1 Å². The first-order valence-electron chi connectivity index (χ1n) is 14.9. The molecule has 0 radical (unpaired) electrons. The average Bonchev–Trinajstić information content (AvgIpc) is 3.02. The quantitative estimate of drug-likeness (QED) is 0.189. The van der Waals surface area contributed by atoms with Crippen LogP contribution in [0, 0.1) is 6.92 Å². The van der Waals surface area contributed by atoms with E-state index in [2.05, 4.69) is 5.32 Å². The number of sulfonamides is 1. The number of hydrogen-bond donors (Lipinski definition) is 1. The first-order chi connectivity index (χ1) is 21.8. The van der Waals surface area contributed by atoms with E-state index in [1.807, 2.05) is 64.1 Å². The van der Waals surface area contributed by atoms with Crippen LogP contribution in [0.25, 0.3) is 0 Å². The molecule has 0 aliphatic carbocycles. The van der Waals surface area contributed by atoms with E-state index in [0.29, 0.717) is 16.3 Å². The standard InChI is InChI=1S/C36H40ClN3O5S/c1-26-14-20-32(21-15-26)46(43,44)40(30-18-16-29(37)17-19-30)25-34(41)39(24-28-12-9-13-31(22-28)45-5)33(35(42)38-36(2,3)4)23-27-10-7-6-8-11-27/h6-22,33H,23-25H2,1-5H3,(H,38,42)/t33-/m0/s1. The van der Waals surface area contributed by atoms with Crippen molar-refractivity contribution in [2.24, 2.45) is 0 Å². The number of hydrogen-bond acceptors (Lipinski definition) is 5. The highest BCUT2D eigenvalue weighted by Crippen LogP contribution is 2.27. The van der Waals surface area contributed by atoms with Crippen molar-refractivity contribution in [2.75, 3.05) is 18.0 Å². The van der Waals surface area contributed by atoms with Crippen molar-refractivity contribution < 1.29 is 22.7 Å². The summed E-state index contributed by atoms with van der Waals surface area (Å²) >= 11 is 6.14. The predicted octanol–water partition coefficient (Wildman–Crippen LogP) is 6.41. The van der Waals surface area contributed by atoms with E-state index in [1.54, 1.807) is 61.7 Å².